The van der Waals surface area contributed by atoms with Gasteiger partial charge in [-0.2, -0.15) is 0 Å². The molecule has 0 bridgehead atoms. The Bertz CT molecular complexity index is 416. The third-order valence-corrected chi connectivity index (χ3v) is 3.23. The first-order valence-corrected chi connectivity index (χ1v) is 5.20. The van der Waals surface area contributed by atoms with E-state index < -0.39 is 0 Å². The summed E-state index contributed by atoms with van der Waals surface area (Å²) in [4.78, 5) is 15.6. The van der Waals surface area contributed by atoms with E-state index in [1.807, 2.05) is 6.07 Å². The van der Waals surface area contributed by atoms with Crippen molar-refractivity contribution < 1.29 is 9.53 Å². The van der Waals surface area contributed by atoms with Crippen molar-refractivity contribution in [3.8, 4) is 0 Å². The van der Waals surface area contributed by atoms with Crippen LogP contribution in [-0.2, 0) is 10.3 Å². The van der Waals surface area contributed by atoms with E-state index in [1.54, 1.807) is 12.4 Å². The maximum atomic E-state index is 11.7. The van der Waals surface area contributed by atoms with Gasteiger partial charge < -0.3 is 10.1 Å². The molecule has 0 aromatic carbocycles. The van der Waals surface area contributed by atoms with Crippen LogP contribution in [0.15, 0.2) is 18.5 Å². The van der Waals surface area contributed by atoms with Crippen LogP contribution < -0.4 is 5.32 Å². The Balaban J connectivity index is 0.000000963. The maximum Gasteiger partial charge on any atom is 0.341 e. The van der Waals surface area contributed by atoms with Crippen molar-refractivity contribution in [3.63, 3.8) is 0 Å². The standard InChI is InChI=1S/C11H12N2O2.ClH/c14-10-8-7-13-4-1-9(8)11(15-10)2-5-12-6-3-11;/h1,4,7,12H,2-3,5-6H2;1H. The average Bonchev–Trinajstić information content (AvgIpc) is 2.55. The molecule has 1 aromatic heterocycles. The number of halogens is 1. The Kier molecular flexibility index (Phi) is 2.86. The van der Waals surface area contributed by atoms with Crippen molar-refractivity contribution in [2.24, 2.45) is 0 Å². The molecule has 1 aromatic rings. The first-order chi connectivity index (χ1) is 7.32. The minimum atomic E-state index is -0.374. The van der Waals surface area contributed by atoms with Crippen LogP contribution in [0.2, 0.25) is 0 Å². The number of rotatable bonds is 0. The number of nitrogens with zero attached hydrogens (tertiary/aromatic N) is 1. The van der Waals surface area contributed by atoms with Gasteiger partial charge >= 0.3 is 5.97 Å². The molecule has 3 rings (SSSR count). The smallest absolute Gasteiger partial charge is 0.341 e. The molecule has 16 heavy (non-hydrogen) atoms. The van der Waals surface area contributed by atoms with E-state index in [2.05, 4.69) is 10.3 Å². The molecule has 2 aliphatic heterocycles. The second-order valence-electron chi connectivity index (χ2n) is 4.06. The molecule has 1 saturated heterocycles. The first kappa shape index (κ1) is 11.4. The lowest BCUT2D eigenvalue weighted by Crippen LogP contribution is -2.39. The third-order valence-electron chi connectivity index (χ3n) is 3.23. The molecule has 0 aliphatic carbocycles. The first-order valence-electron chi connectivity index (χ1n) is 5.20. The lowest BCUT2D eigenvalue weighted by atomic mass is 9.85. The second kappa shape index (κ2) is 4.03. The Morgan fingerprint density at radius 3 is 2.88 bits per heavy atom. The van der Waals surface area contributed by atoms with E-state index in [-0.39, 0.29) is 24.0 Å². The summed E-state index contributed by atoms with van der Waals surface area (Å²) in [5.41, 5.74) is 1.28. The Hall–Kier alpha value is -1.13. The van der Waals surface area contributed by atoms with E-state index in [0.29, 0.717) is 5.56 Å². The number of esters is 1. The number of nitrogens with one attached hydrogen (secondary N) is 1. The molecule has 1 N–H and O–H groups in total. The minimum absolute atomic E-state index is 0. The molecule has 1 fully saturated rings. The number of pyridine rings is 1. The van der Waals surface area contributed by atoms with Gasteiger partial charge in [0.2, 0.25) is 0 Å². The van der Waals surface area contributed by atoms with Crippen LogP contribution in [-0.4, -0.2) is 24.0 Å². The zero-order chi connectivity index (χ0) is 10.3. The van der Waals surface area contributed by atoms with Crippen LogP contribution in [0.4, 0.5) is 0 Å². The van der Waals surface area contributed by atoms with Crippen LogP contribution in [0, 0.1) is 0 Å². The van der Waals surface area contributed by atoms with Gasteiger partial charge in [0.1, 0.15) is 5.60 Å². The Morgan fingerprint density at radius 2 is 2.12 bits per heavy atom. The van der Waals surface area contributed by atoms with Crippen LogP contribution in [0.5, 0.6) is 0 Å². The highest BCUT2D eigenvalue weighted by atomic mass is 35.5. The van der Waals surface area contributed by atoms with E-state index in [1.165, 1.54) is 0 Å². The van der Waals surface area contributed by atoms with Gasteiger partial charge in [-0.05, 0) is 19.2 Å². The van der Waals surface area contributed by atoms with Gasteiger partial charge in [0.15, 0.2) is 0 Å². The molecule has 0 unspecified atom stereocenters. The SMILES string of the molecule is Cl.O=C1OC2(CCNCC2)c2ccncc21. The van der Waals surface area contributed by atoms with Crippen LogP contribution >= 0.6 is 12.4 Å². The fourth-order valence-electron chi connectivity index (χ4n) is 2.44. The molecule has 4 nitrogen and oxygen atoms in total. The van der Waals surface area contributed by atoms with Crippen molar-refractivity contribution in [2.75, 3.05) is 13.1 Å². The molecular formula is C11H13ClN2O2. The summed E-state index contributed by atoms with van der Waals surface area (Å²) in [6, 6.07) is 1.91. The minimum Gasteiger partial charge on any atom is -0.450 e. The fourth-order valence-corrected chi connectivity index (χ4v) is 2.44. The Labute approximate surface area is 99.8 Å². The van der Waals surface area contributed by atoms with E-state index in [9.17, 15) is 4.79 Å². The number of hydrogen-bond acceptors (Lipinski definition) is 4. The summed E-state index contributed by atoms with van der Waals surface area (Å²) < 4.78 is 5.54. The summed E-state index contributed by atoms with van der Waals surface area (Å²) >= 11 is 0. The molecule has 2 aliphatic rings. The predicted octanol–water partition coefficient (Wildman–Crippen LogP) is 1.25. The fraction of sp³-hybridized carbons (Fsp3) is 0.455. The highest BCUT2D eigenvalue weighted by Crippen LogP contribution is 2.42. The van der Waals surface area contributed by atoms with Crippen molar-refractivity contribution in [1.82, 2.24) is 10.3 Å². The summed E-state index contributed by atoms with van der Waals surface area (Å²) in [5.74, 6) is -0.222. The highest BCUT2D eigenvalue weighted by molar-refractivity contribution is 5.94. The maximum absolute atomic E-state index is 11.7. The normalized spacial score (nSPS) is 21.1. The van der Waals surface area contributed by atoms with Gasteiger partial charge in [-0.1, -0.05) is 0 Å². The largest absolute Gasteiger partial charge is 0.450 e. The Morgan fingerprint density at radius 1 is 1.38 bits per heavy atom. The zero-order valence-corrected chi connectivity index (χ0v) is 9.55. The monoisotopic (exact) mass is 240 g/mol. The van der Waals surface area contributed by atoms with E-state index in [0.717, 1.165) is 31.5 Å². The average molecular weight is 241 g/mol. The molecular weight excluding hydrogens is 228 g/mol. The predicted molar refractivity (Wildman–Crippen MR) is 60.7 cm³/mol. The van der Waals surface area contributed by atoms with Crippen molar-refractivity contribution in [1.29, 1.82) is 0 Å². The zero-order valence-electron chi connectivity index (χ0n) is 8.73. The molecule has 3 heterocycles. The summed E-state index contributed by atoms with van der Waals surface area (Å²) in [5, 5.41) is 3.27. The number of hydrogen-bond donors (Lipinski definition) is 1. The van der Waals surface area contributed by atoms with Crippen molar-refractivity contribution in [3.05, 3.63) is 29.6 Å². The number of carbonyl (C=O) groups is 1. The topological polar surface area (TPSA) is 51.2 Å². The van der Waals surface area contributed by atoms with Crippen LogP contribution in [0.1, 0.15) is 28.8 Å². The number of carbonyl (C=O) groups excluding carboxylic acids is 1. The highest BCUT2D eigenvalue weighted by Gasteiger charge is 2.45. The lowest BCUT2D eigenvalue weighted by molar-refractivity contribution is -0.0241. The van der Waals surface area contributed by atoms with Gasteiger partial charge in [-0.25, -0.2) is 4.79 Å². The number of ether oxygens (including phenoxy) is 1. The summed E-state index contributed by atoms with van der Waals surface area (Å²) in [7, 11) is 0. The summed E-state index contributed by atoms with van der Waals surface area (Å²) in [6.45, 7) is 1.80. The molecule has 5 heteroatoms. The van der Waals surface area contributed by atoms with Gasteiger partial charge in [-0.15, -0.1) is 12.4 Å². The number of fused-ring (bicyclic) bond motifs is 2. The molecule has 0 radical (unpaired) electrons. The molecule has 86 valence electrons. The van der Waals surface area contributed by atoms with Gasteiger partial charge in [0.25, 0.3) is 0 Å². The van der Waals surface area contributed by atoms with E-state index in [4.69, 9.17) is 4.74 Å². The number of piperidine rings is 1. The van der Waals surface area contributed by atoms with Crippen molar-refractivity contribution in [2.45, 2.75) is 18.4 Å². The molecule has 0 saturated carbocycles. The van der Waals surface area contributed by atoms with Gasteiger partial charge in [0.05, 0.1) is 5.56 Å². The second-order valence-corrected chi connectivity index (χ2v) is 4.06. The van der Waals surface area contributed by atoms with Gasteiger partial charge in [0, 0.05) is 30.8 Å². The van der Waals surface area contributed by atoms with Crippen LogP contribution in [0.25, 0.3) is 0 Å². The molecule has 1 spiro atoms. The number of aromatic nitrogens is 1. The third kappa shape index (κ3) is 1.49. The quantitative estimate of drug-likeness (QED) is 0.694. The van der Waals surface area contributed by atoms with Crippen molar-refractivity contribution >= 4 is 18.4 Å². The van der Waals surface area contributed by atoms with Gasteiger partial charge in [-0.3, -0.25) is 4.98 Å². The summed E-state index contributed by atoms with van der Waals surface area (Å²) in [6.07, 6.45) is 5.05. The van der Waals surface area contributed by atoms with E-state index >= 15 is 0 Å². The molecule has 0 amide bonds. The lowest BCUT2D eigenvalue weighted by Gasteiger charge is -2.32. The van der Waals surface area contributed by atoms with Crippen LogP contribution in [0.3, 0.4) is 0 Å². The molecule has 0 atom stereocenters.